The zero-order valence-electron chi connectivity index (χ0n) is 19.4. The first kappa shape index (κ1) is 27.4. The molecule has 4 rings (SSSR count). The average molecular weight is 530 g/mol. The molecule has 0 bridgehead atoms. The van der Waals surface area contributed by atoms with Gasteiger partial charge < -0.3 is 14.7 Å². The second-order valence-electron chi connectivity index (χ2n) is 8.39. The van der Waals surface area contributed by atoms with Crippen LogP contribution in [0.4, 0.5) is 13.2 Å². The standard InChI is InChI=1S/C21H25N3O4S.C2HF3O2/c1-28-19-4-2-17(3-5-19)21(25)23-12-8-18-15-24(14-16-6-10-22-11-7-16)29(26,27)20(18)9-13-23;3-2(4,5)1(6)7/h2-7,10-11,18,20H,8-9,12-15H2,1H3;(H,6,7)/t18-,20-;/m1./s1. The van der Waals surface area contributed by atoms with Crippen molar-refractivity contribution in [3.8, 4) is 5.75 Å². The van der Waals surface area contributed by atoms with Gasteiger partial charge in [0.1, 0.15) is 5.75 Å². The molecule has 1 aromatic heterocycles. The van der Waals surface area contributed by atoms with E-state index in [2.05, 4.69) is 4.98 Å². The first-order chi connectivity index (χ1) is 16.9. The Morgan fingerprint density at radius 3 is 2.22 bits per heavy atom. The molecule has 1 amide bonds. The van der Waals surface area contributed by atoms with Crippen molar-refractivity contribution in [2.45, 2.75) is 30.8 Å². The molecule has 13 heteroatoms. The number of methoxy groups -OCH3 is 1. The van der Waals surface area contributed by atoms with Gasteiger partial charge in [0.15, 0.2) is 0 Å². The molecule has 0 radical (unpaired) electrons. The molecule has 2 saturated heterocycles. The number of amides is 1. The van der Waals surface area contributed by atoms with Crippen molar-refractivity contribution >= 4 is 21.9 Å². The summed E-state index contributed by atoms with van der Waals surface area (Å²) >= 11 is 0. The number of hydrogen-bond acceptors (Lipinski definition) is 6. The van der Waals surface area contributed by atoms with Crippen LogP contribution in [0.25, 0.3) is 0 Å². The number of halogens is 3. The van der Waals surface area contributed by atoms with Crippen LogP contribution in [0.3, 0.4) is 0 Å². The number of aliphatic carboxylic acids is 1. The number of hydrogen-bond donors (Lipinski definition) is 1. The largest absolute Gasteiger partial charge is 0.497 e. The summed E-state index contributed by atoms with van der Waals surface area (Å²) in [6.45, 7) is 1.92. The van der Waals surface area contributed by atoms with Crippen molar-refractivity contribution in [1.29, 1.82) is 0 Å². The Labute approximate surface area is 206 Å². The lowest BCUT2D eigenvalue weighted by molar-refractivity contribution is -0.192. The van der Waals surface area contributed by atoms with Crippen LogP contribution < -0.4 is 4.74 Å². The Balaban J connectivity index is 0.000000454. The van der Waals surface area contributed by atoms with E-state index in [1.807, 2.05) is 12.1 Å². The van der Waals surface area contributed by atoms with Gasteiger partial charge >= 0.3 is 12.1 Å². The SMILES string of the molecule is COc1ccc(C(=O)N2CC[C@@H]3CN(Cc4ccncc4)S(=O)(=O)[C@@H]3CC2)cc1.O=C(O)C(F)(F)F. The van der Waals surface area contributed by atoms with E-state index in [9.17, 15) is 26.4 Å². The second-order valence-corrected chi connectivity index (χ2v) is 10.5. The molecule has 2 atom stereocenters. The third-order valence-electron chi connectivity index (χ3n) is 6.13. The first-order valence-electron chi connectivity index (χ1n) is 11.0. The fourth-order valence-corrected chi connectivity index (χ4v) is 6.48. The van der Waals surface area contributed by atoms with Gasteiger partial charge in [0.25, 0.3) is 5.91 Å². The fraction of sp³-hybridized carbons (Fsp3) is 0.435. The van der Waals surface area contributed by atoms with Crippen LogP contribution in [0.5, 0.6) is 5.75 Å². The number of carboxylic acid groups (broad SMARTS) is 1. The molecule has 0 unspecified atom stereocenters. The summed E-state index contributed by atoms with van der Waals surface area (Å²) in [5.74, 6) is -2.06. The third-order valence-corrected chi connectivity index (χ3v) is 8.52. The van der Waals surface area contributed by atoms with Crippen LogP contribution in [-0.4, -0.2) is 77.8 Å². The minimum Gasteiger partial charge on any atom is -0.497 e. The van der Waals surface area contributed by atoms with Gasteiger partial charge in [0, 0.05) is 44.1 Å². The summed E-state index contributed by atoms with van der Waals surface area (Å²) < 4.78 is 64.7. The third kappa shape index (κ3) is 6.52. The highest BCUT2D eigenvalue weighted by Crippen LogP contribution is 2.35. The van der Waals surface area contributed by atoms with Gasteiger partial charge in [0.2, 0.25) is 10.0 Å². The number of ether oxygens (including phenoxy) is 1. The van der Waals surface area contributed by atoms with E-state index in [0.717, 1.165) is 5.56 Å². The molecule has 9 nitrogen and oxygen atoms in total. The lowest BCUT2D eigenvalue weighted by Gasteiger charge is -2.22. The lowest BCUT2D eigenvalue weighted by Crippen LogP contribution is -2.34. The van der Waals surface area contributed by atoms with Gasteiger partial charge in [-0.2, -0.15) is 17.5 Å². The molecule has 0 saturated carbocycles. The van der Waals surface area contributed by atoms with Gasteiger partial charge in [-0.15, -0.1) is 0 Å². The predicted octanol–water partition coefficient (Wildman–Crippen LogP) is 2.79. The topological polar surface area (TPSA) is 117 Å². The zero-order chi connectivity index (χ0) is 26.5. The van der Waals surface area contributed by atoms with E-state index < -0.39 is 27.4 Å². The Bertz CT molecular complexity index is 1160. The van der Waals surface area contributed by atoms with E-state index in [1.165, 1.54) is 0 Å². The maximum Gasteiger partial charge on any atom is 0.490 e. The molecule has 1 aromatic carbocycles. The van der Waals surface area contributed by atoms with E-state index in [-0.39, 0.29) is 11.8 Å². The van der Waals surface area contributed by atoms with Crippen LogP contribution in [-0.2, 0) is 21.4 Å². The number of sulfonamides is 1. The van der Waals surface area contributed by atoms with Crippen molar-refractivity contribution < 1.29 is 41.0 Å². The Hall–Kier alpha value is -3.19. The fourth-order valence-electron chi connectivity index (χ4n) is 4.26. The summed E-state index contributed by atoms with van der Waals surface area (Å²) in [5, 5.41) is 6.71. The lowest BCUT2D eigenvalue weighted by atomic mass is 10.0. The molecule has 2 aliphatic rings. The molecule has 0 aliphatic carbocycles. The van der Waals surface area contributed by atoms with Crippen molar-refractivity contribution in [3.05, 3.63) is 59.9 Å². The number of aromatic nitrogens is 1. The van der Waals surface area contributed by atoms with Crippen LogP contribution in [0.15, 0.2) is 48.8 Å². The van der Waals surface area contributed by atoms with Gasteiger partial charge in [-0.3, -0.25) is 9.78 Å². The minimum atomic E-state index is -5.08. The Kier molecular flexibility index (Phi) is 8.56. The van der Waals surface area contributed by atoms with Gasteiger partial charge in [-0.1, -0.05) is 0 Å². The monoisotopic (exact) mass is 529 g/mol. The number of carboxylic acids is 1. The smallest absolute Gasteiger partial charge is 0.490 e. The molecule has 196 valence electrons. The number of fused-ring (bicyclic) bond motifs is 1. The van der Waals surface area contributed by atoms with Gasteiger partial charge in [-0.05, 0) is 60.7 Å². The molecule has 36 heavy (non-hydrogen) atoms. The molecule has 2 fully saturated rings. The predicted molar refractivity (Wildman–Crippen MR) is 123 cm³/mol. The number of pyridine rings is 1. The Morgan fingerprint density at radius 1 is 1.08 bits per heavy atom. The van der Waals surface area contributed by atoms with Crippen LogP contribution in [0.1, 0.15) is 28.8 Å². The molecular formula is C23H26F3N3O6S. The molecule has 2 aromatic rings. The summed E-state index contributed by atoms with van der Waals surface area (Å²) in [6.07, 6.45) is -0.558. The average Bonchev–Trinajstić information content (AvgIpc) is 2.97. The molecular weight excluding hydrogens is 503 g/mol. The molecule has 0 spiro atoms. The maximum absolute atomic E-state index is 13.1. The second kappa shape index (κ2) is 11.2. The number of nitrogens with zero attached hydrogens (tertiary/aromatic N) is 3. The van der Waals surface area contributed by atoms with E-state index in [0.29, 0.717) is 50.3 Å². The first-order valence-corrected chi connectivity index (χ1v) is 12.5. The highest BCUT2D eigenvalue weighted by Gasteiger charge is 2.47. The molecule has 3 heterocycles. The van der Waals surface area contributed by atoms with Crippen molar-refractivity contribution in [2.24, 2.45) is 5.92 Å². The van der Waals surface area contributed by atoms with E-state index in [4.69, 9.17) is 14.6 Å². The highest BCUT2D eigenvalue weighted by atomic mass is 32.2. The number of benzene rings is 1. The highest BCUT2D eigenvalue weighted by molar-refractivity contribution is 7.90. The number of rotatable bonds is 4. The Morgan fingerprint density at radius 2 is 1.67 bits per heavy atom. The normalized spacial score (nSPS) is 21.5. The molecule has 1 N–H and O–H groups in total. The number of likely N-dealkylation sites (tertiary alicyclic amines) is 1. The number of carbonyl (C=O) groups excluding carboxylic acids is 1. The van der Waals surface area contributed by atoms with Crippen molar-refractivity contribution in [3.63, 3.8) is 0 Å². The van der Waals surface area contributed by atoms with E-state index in [1.54, 1.807) is 53.0 Å². The van der Waals surface area contributed by atoms with Crippen molar-refractivity contribution in [2.75, 3.05) is 26.7 Å². The summed E-state index contributed by atoms with van der Waals surface area (Å²) in [5.41, 5.74) is 1.54. The molecule has 2 aliphatic heterocycles. The number of alkyl halides is 3. The quantitative estimate of drug-likeness (QED) is 0.647. The summed E-state index contributed by atoms with van der Waals surface area (Å²) in [7, 11) is -1.79. The number of carbonyl (C=O) groups is 2. The van der Waals surface area contributed by atoms with Crippen LogP contribution in [0, 0.1) is 5.92 Å². The summed E-state index contributed by atoms with van der Waals surface area (Å²) in [6, 6.07) is 10.7. The zero-order valence-corrected chi connectivity index (χ0v) is 20.2. The van der Waals surface area contributed by atoms with Crippen LogP contribution >= 0.6 is 0 Å². The van der Waals surface area contributed by atoms with Gasteiger partial charge in [-0.25, -0.2) is 13.2 Å². The van der Waals surface area contributed by atoms with Gasteiger partial charge in [0.05, 0.1) is 12.4 Å². The minimum absolute atomic E-state index is 0.0514. The maximum atomic E-state index is 13.1. The van der Waals surface area contributed by atoms with E-state index >= 15 is 0 Å². The van der Waals surface area contributed by atoms with Crippen molar-refractivity contribution in [1.82, 2.24) is 14.2 Å². The summed E-state index contributed by atoms with van der Waals surface area (Å²) in [4.78, 5) is 27.5. The van der Waals surface area contributed by atoms with Crippen LogP contribution in [0.2, 0.25) is 0 Å².